The number of carbonyl (C=O) groups is 1. The Morgan fingerprint density at radius 2 is 1.53 bits per heavy atom. The summed E-state index contributed by atoms with van der Waals surface area (Å²) < 4.78 is 11.6. The monoisotopic (exact) mass is 442 g/mol. The summed E-state index contributed by atoms with van der Waals surface area (Å²) in [5, 5.41) is 3.49. The lowest BCUT2D eigenvalue weighted by molar-refractivity contribution is 0.0997. The zero-order valence-corrected chi connectivity index (χ0v) is 18.2. The van der Waals surface area contributed by atoms with Crippen LogP contribution < -0.4 is 5.32 Å². The molecule has 1 amide bonds. The van der Waals surface area contributed by atoms with Crippen molar-refractivity contribution in [3.63, 3.8) is 0 Å². The first-order valence-corrected chi connectivity index (χ1v) is 10.5. The van der Waals surface area contributed by atoms with Gasteiger partial charge in [0.05, 0.1) is 0 Å². The van der Waals surface area contributed by atoms with Gasteiger partial charge in [-0.25, -0.2) is 4.98 Å². The normalized spacial score (nSPS) is 11.1. The van der Waals surface area contributed by atoms with Gasteiger partial charge in [0.25, 0.3) is 5.91 Å². The molecule has 3 aromatic carbocycles. The van der Waals surface area contributed by atoms with E-state index in [1.807, 2.05) is 55.5 Å². The highest BCUT2D eigenvalue weighted by molar-refractivity contribution is 6.30. The Morgan fingerprint density at radius 3 is 2.28 bits per heavy atom. The molecule has 0 bridgehead atoms. The van der Waals surface area contributed by atoms with Crippen molar-refractivity contribution in [3.8, 4) is 22.8 Å². The van der Waals surface area contributed by atoms with Crippen molar-refractivity contribution in [2.45, 2.75) is 13.8 Å². The van der Waals surface area contributed by atoms with Gasteiger partial charge in [0, 0.05) is 21.8 Å². The molecule has 0 spiro atoms. The van der Waals surface area contributed by atoms with Crippen LogP contribution in [0.1, 0.15) is 21.7 Å². The van der Waals surface area contributed by atoms with Gasteiger partial charge in [-0.05, 0) is 97.8 Å². The second-order valence-electron chi connectivity index (χ2n) is 7.63. The highest BCUT2D eigenvalue weighted by Crippen LogP contribution is 2.28. The van der Waals surface area contributed by atoms with Gasteiger partial charge in [-0.1, -0.05) is 11.6 Å². The Bertz CT molecular complexity index is 1390. The van der Waals surface area contributed by atoms with Crippen molar-refractivity contribution >= 4 is 34.3 Å². The van der Waals surface area contributed by atoms with E-state index in [0.29, 0.717) is 22.4 Å². The van der Waals surface area contributed by atoms with Gasteiger partial charge < -0.3 is 14.2 Å². The van der Waals surface area contributed by atoms with Crippen LogP contribution in [-0.4, -0.2) is 10.9 Å². The zero-order valence-electron chi connectivity index (χ0n) is 17.5. The van der Waals surface area contributed by atoms with Crippen LogP contribution in [0.5, 0.6) is 0 Å². The van der Waals surface area contributed by atoms with E-state index >= 15 is 0 Å². The average Bonchev–Trinajstić information content (AvgIpc) is 3.43. The second-order valence-corrected chi connectivity index (χ2v) is 8.06. The quantitative estimate of drug-likeness (QED) is 0.317. The standard InChI is InChI=1S/C26H19ClN2O3/c1-15-13-21-24(14-16(15)2)32-26(29-21)18-5-9-20(10-6-18)28-25(30)23-12-11-22(31-23)17-3-7-19(27)8-4-17/h3-14H,1-2H3,(H,28,30). The summed E-state index contributed by atoms with van der Waals surface area (Å²) in [6.07, 6.45) is 0. The van der Waals surface area contributed by atoms with Crippen molar-refractivity contribution in [1.82, 2.24) is 4.98 Å². The van der Waals surface area contributed by atoms with Crippen LogP contribution in [0.15, 0.2) is 81.6 Å². The van der Waals surface area contributed by atoms with Crippen LogP contribution >= 0.6 is 11.6 Å². The molecular weight excluding hydrogens is 424 g/mol. The molecule has 0 aliphatic rings. The first-order chi connectivity index (χ1) is 15.5. The Labute approximate surface area is 189 Å². The molecule has 1 N–H and O–H groups in total. The van der Waals surface area contributed by atoms with Crippen LogP contribution in [0.2, 0.25) is 5.02 Å². The number of oxazole rings is 1. The maximum Gasteiger partial charge on any atom is 0.291 e. The fraction of sp³-hybridized carbons (Fsp3) is 0.0769. The number of aryl methyl sites for hydroxylation is 2. The predicted molar refractivity (Wildman–Crippen MR) is 126 cm³/mol. The van der Waals surface area contributed by atoms with Crippen molar-refractivity contribution in [3.05, 3.63) is 94.7 Å². The highest BCUT2D eigenvalue weighted by Gasteiger charge is 2.14. The van der Waals surface area contributed by atoms with E-state index < -0.39 is 0 Å². The van der Waals surface area contributed by atoms with Crippen molar-refractivity contribution in [1.29, 1.82) is 0 Å². The summed E-state index contributed by atoms with van der Waals surface area (Å²) in [4.78, 5) is 17.2. The Hall–Kier alpha value is -3.83. The van der Waals surface area contributed by atoms with Crippen molar-refractivity contribution in [2.75, 3.05) is 5.32 Å². The molecule has 0 aliphatic carbocycles. The molecule has 0 saturated heterocycles. The van der Waals surface area contributed by atoms with Crippen LogP contribution in [-0.2, 0) is 0 Å². The number of nitrogens with one attached hydrogen (secondary N) is 1. The van der Waals surface area contributed by atoms with Gasteiger partial charge in [-0.15, -0.1) is 0 Å². The number of anilines is 1. The minimum absolute atomic E-state index is 0.226. The Balaban J connectivity index is 1.31. The SMILES string of the molecule is Cc1cc2nc(-c3ccc(NC(=O)c4ccc(-c5ccc(Cl)cc5)o4)cc3)oc2cc1C. The van der Waals surface area contributed by atoms with Gasteiger partial charge in [0.1, 0.15) is 11.3 Å². The lowest BCUT2D eigenvalue weighted by Crippen LogP contribution is -2.10. The summed E-state index contributed by atoms with van der Waals surface area (Å²) >= 11 is 5.92. The minimum atomic E-state index is -0.328. The predicted octanol–water partition coefficient (Wildman–Crippen LogP) is 7.28. The summed E-state index contributed by atoms with van der Waals surface area (Å²) in [6.45, 7) is 4.10. The molecule has 5 rings (SSSR count). The number of carbonyl (C=O) groups excluding carboxylic acids is 1. The molecule has 5 aromatic rings. The average molecular weight is 443 g/mol. The fourth-order valence-electron chi connectivity index (χ4n) is 3.42. The number of nitrogens with zero attached hydrogens (tertiary/aromatic N) is 1. The molecule has 0 radical (unpaired) electrons. The minimum Gasteiger partial charge on any atom is -0.451 e. The zero-order chi connectivity index (χ0) is 22.2. The molecule has 0 atom stereocenters. The molecule has 6 heteroatoms. The number of furan rings is 1. The van der Waals surface area contributed by atoms with Crippen LogP contribution in [0.3, 0.4) is 0 Å². The van der Waals surface area contributed by atoms with Crippen LogP contribution in [0.25, 0.3) is 33.9 Å². The Kier molecular flexibility index (Phi) is 5.04. The van der Waals surface area contributed by atoms with Crippen LogP contribution in [0.4, 0.5) is 5.69 Å². The molecular formula is C26H19ClN2O3. The van der Waals surface area contributed by atoms with Gasteiger partial charge in [0.15, 0.2) is 11.3 Å². The van der Waals surface area contributed by atoms with E-state index in [2.05, 4.69) is 17.2 Å². The lowest BCUT2D eigenvalue weighted by Gasteiger charge is -2.04. The molecule has 158 valence electrons. The van der Waals surface area contributed by atoms with Gasteiger partial charge in [-0.2, -0.15) is 0 Å². The number of aromatic nitrogens is 1. The van der Waals surface area contributed by atoms with Crippen molar-refractivity contribution in [2.24, 2.45) is 0 Å². The number of benzene rings is 3. The Morgan fingerprint density at radius 1 is 0.844 bits per heavy atom. The van der Waals surface area contributed by atoms with E-state index in [4.69, 9.17) is 20.4 Å². The first-order valence-electron chi connectivity index (χ1n) is 10.1. The lowest BCUT2D eigenvalue weighted by atomic mass is 10.1. The van der Waals surface area contributed by atoms with Crippen LogP contribution in [0, 0.1) is 13.8 Å². The molecule has 0 aliphatic heterocycles. The van der Waals surface area contributed by atoms with E-state index in [0.717, 1.165) is 27.8 Å². The van der Waals surface area contributed by atoms with Gasteiger partial charge >= 0.3 is 0 Å². The summed E-state index contributed by atoms with van der Waals surface area (Å²) in [7, 11) is 0. The molecule has 2 heterocycles. The third-order valence-corrected chi connectivity index (χ3v) is 5.60. The molecule has 0 fully saturated rings. The van der Waals surface area contributed by atoms with Gasteiger partial charge in [-0.3, -0.25) is 4.79 Å². The third kappa shape index (κ3) is 3.90. The smallest absolute Gasteiger partial charge is 0.291 e. The second kappa shape index (κ2) is 8.02. The van der Waals surface area contributed by atoms with E-state index in [1.165, 1.54) is 5.56 Å². The topological polar surface area (TPSA) is 68.3 Å². The van der Waals surface area contributed by atoms with Crippen molar-refractivity contribution < 1.29 is 13.6 Å². The summed E-state index contributed by atoms with van der Waals surface area (Å²) in [6, 6.07) is 22.0. The molecule has 32 heavy (non-hydrogen) atoms. The van der Waals surface area contributed by atoms with E-state index in [-0.39, 0.29) is 11.7 Å². The summed E-state index contributed by atoms with van der Waals surface area (Å²) in [5.41, 5.74) is 6.25. The molecule has 5 nitrogen and oxygen atoms in total. The number of halogens is 1. The molecule has 0 saturated carbocycles. The summed E-state index contributed by atoms with van der Waals surface area (Å²) in [5.74, 6) is 1.04. The first kappa shape index (κ1) is 20.1. The number of amides is 1. The number of hydrogen-bond donors (Lipinski definition) is 1. The fourth-order valence-corrected chi connectivity index (χ4v) is 3.55. The third-order valence-electron chi connectivity index (χ3n) is 5.35. The van der Waals surface area contributed by atoms with E-state index in [9.17, 15) is 4.79 Å². The largest absolute Gasteiger partial charge is 0.451 e. The maximum absolute atomic E-state index is 12.6. The molecule has 2 aromatic heterocycles. The maximum atomic E-state index is 12.6. The highest BCUT2D eigenvalue weighted by atomic mass is 35.5. The molecule has 0 unspecified atom stereocenters. The van der Waals surface area contributed by atoms with E-state index in [1.54, 1.807) is 24.3 Å². The number of fused-ring (bicyclic) bond motifs is 1. The number of rotatable bonds is 4. The van der Waals surface area contributed by atoms with Gasteiger partial charge in [0.2, 0.25) is 5.89 Å². The number of hydrogen-bond acceptors (Lipinski definition) is 4.